The molecule has 1 fully saturated rings. The molecule has 0 radical (unpaired) electrons. The largest absolute Gasteiger partial charge is 0.364 e. The van der Waals surface area contributed by atoms with Gasteiger partial charge < -0.3 is 21.1 Å². The van der Waals surface area contributed by atoms with Gasteiger partial charge >= 0.3 is 0 Å². The molecule has 2 amide bonds. The monoisotopic (exact) mass is 350 g/mol. The summed E-state index contributed by atoms with van der Waals surface area (Å²) in [6.07, 6.45) is 3.99. The summed E-state index contributed by atoms with van der Waals surface area (Å²) in [7, 11) is 0. The number of rotatable bonds is 5. The number of nitrogens with one attached hydrogen (secondary N) is 2. The smallest absolute Gasteiger partial charge is 0.249 e. The Kier molecular flexibility index (Phi) is 9.68. The van der Waals surface area contributed by atoms with Crippen LogP contribution in [0.2, 0.25) is 0 Å². The van der Waals surface area contributed by atoms with E-state index in [1.165, 1.54) is 6.20 Å². The van der Waals surface area contributed by atoms with Crippen molar-refractivity contribution in [3.8, 4) is 0 Å². The summed E-state index contributed by atoms with van der Waals surface area (Å²) in [5.74, 6) is -0.581. The van der Waals surface area contributed by atoms with Crippen LogP contribution in [0.1, 0.15) is 12.8 Å². The third kappa shape index (κ3) is 6.15. The van der Waals surface area contributed by atoms with Gasteiger partial charge in [0.15, 0.2) is 0 Å². The average Bonchev–Trinajstić information content (AvgIpc) is 2.95. The molecule has 22 heavy (non-hydrogen) atoms. The highest BCUT2D eigenvalue weighted by Gasteiger charge is 2.29. The normalized spacial score (nSPS) is 19.5. The zero-order chi connectivity index (χ0) is 14.4. The lowest BCUT2D eigenvalue weighted by molar-refractivity contribution is -0.133. The number of nitrogens with two attached hydrogens (primary N) is 1. The third-order valence-electron chi connectivity index (χ3n) is 3.03. The number of hydrogen-bond acceptors (Lipinski definition) is 5. The maximum absolute atomic E-state index is 11.8. The molecule has 9 heteroatoms. The number of ether oxygens (including phenoxy) is 1. The summed E-state index contributed by atoms with van der Waals surface area (Å²) >= 11 is 0. The van der Waals surface area contributed by atoms with E-state index in [0.29, 0.717) is 18.7 Å². The van der Waals surface area contributed by atoms with Crippen molar-refractivity contribution in [1.29, 1.82) is 0 Å². The highest BCUT2D eigenvalue weighted by Crippen LogP contribution is 2.18. The molecule has 0 unspecified atom stereocenters. The van der Waals surface area contributed by atoms with Gasteiger partial charge in [-0.1, -0.05) is 0 Å². The molecule has 2 heterocycles. The summed E-state index contributed by atoms with van der Waals surface area (Å²) in [6.45, 7) is 0.312. The number of anilines is 1. The number of nitrogens with zero attached hydrogens (tertiary/aromatic N) is 1. The van der Waals surface area contributed by atoms with Gasteiger partial charge in [-0.05, 0) is 25.0 Å². The standard InChI is InChI=1S/C13H18N4O3.2ClH/c14-6-10-3-4-11(20-10)13(19)16-8-12(18)17-9-2-1-5-15-7-9;;/h1-2,5,7,10-11H,3-4,6,8,14H2,(H,16,19)(H,17,18);2*1H/t10-,11+;;/m1../s1. The fourth-order valence-corrected chi connectivity index (χ4v) is 2.00. The van der Waals surface area contributed by atoms with Crippen LogP contribution in [-0.4, -0.2) is 42.1 Å². The summed E-state index contributed by atoms with van der Waals surface area (Å²) in [6, 6.07) is 3.44. The second-order valence-corrected chi connectivity index (χ2v) is 4.57. The van der Waals surface area contributed by atoms with Crippen molar-refractivity contribution < 1.29 is 14.3 Å². The number of carbonyl (C=O) groups is 2. The van der Waals surface area contributed by atoms with Gasteiger partial charge in [0.05, 0.1) is 24.5 Å². The molecule has 1 saturated heterocycles. The van der Waals surface area contributed by atoms with Crippen molar-refractivity contribution in [2.45, 2.75) is 25.0 Å². The first-order valence-electron chi connectivity index (χ1n) is 6.52. The van der Waals surface area contributed by atoms with Crippen LogP contribution in [-0.2, 0) is 14.3 Å². The lowest BCUT2D eigenvalue weighted by Crippen LogP contribution is -2.39. The highest BCUT2D eigenvalue weighted by atomic mass is 35.5. The summed E-state index contributed by atoms with van der Waals surface area (Å²) < 4.78 is 5.44. The van der Waals surface area contributed by atoms with Crippen molar-refractivity contribution >= 4 is 42.3 Å². The summed E-state index contributed by atoms with van der Waals surface area (Å²) in [5, 5.41) is 5.18. The maximum Gasteiger partial charge on any atom is 0.249 e. The van der Waals surface area contributed by atoms with Crippen LogP contribution in [0, 0.1) is 0 Å². The quantitative estimate of drug-likeness (QED) is 0.716. The second kappa shape index (κ2) is 10.3. The van der Waals surface area contributed by atoms with Crippen molar-refractivity contribution in [3.63, 3.8) is 0 Å². The predicted octanol–water partition coefficient (Wildman–Crippen LogP) is 0.486. The number of pyridine rings is 1. The molecular formula is C13H20Cl2N4O3. The maximum atomic E-state index is 11.8. The Morgan fingerprint density at radius 3 is 2.73 bits per heavy atom. The molecule has 0 saturated carbocycles. The Bertz CT molecular complexity index is 476. The van der Waals surface area contributed by atoms with Crippen LogP contribution in [0.4, 0.5) is 5.69 Å². The lowest BCUT2D eigenvalue weighted by Gasteiger charge is -2.12. The molecule has 0 bridgehead atoms. The van der Waals surface area contributed by atoms with Gasteiger partial charge in [-0.25, -0.2) is 0 Å². The van der Waals surface area contributed by atoms with Crippen molar-refractivity contribution in [2.24, 2.45) is 5.73 Å². The van der Waals surface area contributed by atoms with E-state index < -0.39 is 6.10 Å². The molecule has 1 aliphatic heterocycles. The van der Waals surface area contributed by atoms with E-state index in [4.69, 9.17) is 10.5 Å². The Morgan fingerprint density at radius 2 is 2.14 bits per heavy atom. The molecule has 2 atom stereocenters. The second-order valence-electron chi connectivity index (χ2n) is 4.57. The first kappa shape index (κ1) is 20.6. The Labute approximate surface area is 141 Å². The number of aromatic nitrogens is 1. The number of amides is 2. The molecule has 0 spiro atoms. The topological polar surface area (TPSA) is 106 Å². The molecule has 2 rings (SSSR count). The van der Waals surface area contributed by atoms with Gasteiger partial charge in [0.2, 0.25) is 11.8 Å². The van der Waals surface area contributed by atoms with Crippen LogP contribution in [0.25, 0.3) is 0 Å². The number of halogens is 2. The van der Waals surface area contributed by atoms with E-state index in [-0.39, 0.29) is 49.3 Å². The molecule has 0 aliphatic carbocycles. The molecule has 0 aromatic carbocycles. The van der Waals surface area contributed by atoms with Crippen LogP contribution in [0.3, 0.4) is 0 Å². The van der Waals surface area contributed by atoms with Crippen molar-refractivity contribution in [1.82, 2.24) is 10.3 Å². The van der Waals surface area contributed by atoms with Gasteiger partial charge in [0.1, 0.15) is 6.10 Å². The average molecular weight is 351 g/mol. The Hall–Kier alpha value is -1.41. The minimum atomic E-state index is -0.505. The SMILES string of the molecule is Cl.Cl.NC[C@H]1CC[C@@H](C(=O)NCC(=O)Nc2cccnc2)O1. The van der Waals surface area contributed by atoms with Crippen LogP contribution in [0.5, 0.6) is 0 Å². The fraction of sp³-hybridized carbons (Fsp3) is 0.462. The van der Waals surface area contributed by atoms with E-state index in [2.05, 4.69) is 15.6 Å². The first-order chi connectivity index (χ1) is 9.69. The molecular weight excluding hydrogens is 331 g/mol. The van der Waals surface area contributed by atoms with Crippen molar-refractivity contribution in [2.75, 3.05) is 18.4 Å². The summed E-state index contributed by atoms with van der Waals surface area (Å²) in [5.41, 5.74) is 6.07. The zero-order valence-electron chi connectivity index (χ0n) is 11.9. The molecule has 124 valence electrons. The Morgan fingerprint density at radius 1 is 1.36 bits per heavy atom. The van der Waals surface area contributed by atoms with Gasteiger partial charge in [-0.3, -0.25) is 14.6 Å². The molecule has 7 nitrogen and oxygen atoms in total. The Balaban J connectivity index is 0.00000220. The van der Waals surface area contributed by atoms with E-state index in [1.54, 1.807) is 18.3 Å². The predicted molar refractivity (Wildman–Crippen MR) is 87.3 cm³/mol. The van der Waals surface area contributed by atoms with Crippen molar-refractivity contribution in [3.05, 3.63) is 24.5 Å². The molecule has 1 aromatic heterocycles. The number of carbonyl (C=O) groups excluding carboxylic acids is 2. The first-order valence-corrected chi connectivity index (χ1v) is 6.52. The van der Waals surface area contributed by atoms with E-state index in [1.807, 2.05) is 0 Å². The lowest BCUT2D eigenvalue weighted by atomic mass is 10.2. The minimum absolute atomic E-state index is 0. The van der Waals surface area contributed by atoms with E-state index in [9.17, 15) is 9.59 Å². The third-order valence-corrected chi connectivity index (χ3v) is 3.03. The highest BCUT2D eigenvalue weighted by molar-refractivity contribution is 5.95. The van der Waals surface area contributed by atoms with Crippen LogP contribution < -0.4 is 16.4 Å². The fourth-order valence-electron chi connectivity index (χ4n) is 2.00. The van der Waals surface area contributed by atoms with Gasteiger partial charge in [-0.2, -0.15) is 0 Å². The molecule has 1 aliphatic rings. The van der Waals surface area contributed by atoms with Gasteiger partial charge in [0, 0.05) is 12.7 Å². The van der Waals surface area contributed by atoms with Crippen LogP contribution in [0.15, 0.2) is 24.5 Å². The van der Waals surface area contributed by atoms with Gasteiger partial charge in [-0.15, -0.1) is 24.8 Å². The summed E-state index contributed by atoms with van der Waals surface area (Å²) in [4.78, 5) is 27.3. The van der Waals surface area contributed by atoms with Gasteiger partial charge in [0.25, 0.3) is 0 Å². The minimum Gasteiger partial charge on any atom is -0.364 e. The number of hydrogen-bond donors (Lipinski definition) is 3. The van der Waals surface area contributed by atoms with Crippen LogP contribution >= 0.6 is 24.8 Å². The van der Waals surface area contributed by atoms with E-state index >= 15 is 0 Å². The molecule has 1 aromatic rings. The van der Waals surface area contributed by atoms with E-state index in [0.717, 1.165) is 6.42 Å². The molecule has 4 N–H and O–H groups in total. The zero-order valence-corrected chi connectivity index (χ0v) is 13.5.